The molecule has 0 radical (unpaired) electrons. The van der Waals surface area contributed by atoms with Crippen molar-refractivity contribution in [3.8, 4) is 0 Å². The summed E-state index contributed by atoms with van der Waals surface area (Å²) >= 11 is 0. The van der Waals surface area contributed by atoms with Gasteiger partial charge >= 0.3 is 0 Å². The first-order chi connectivity index (χ1) is 10.6. The van der Waals surface area contributed by atoms with Crippen LogP contribution in [0.3, 0.4) is 0 Å². The fraction of sp³-hybridized carbons (Fsp3) is 0.333. The van der Waals surface area contributed by atoms with Crippen molar-refractivity contribution in [2.45, 2.75) is 25.8 Å². The van der Waals surface area contributed by atoms with Crippen LogP contribution in [0.4, 0.5) is 5.69 Å². The number of likely N-dealkylation sites (tertiary alicyclic amines) is 1. The van der Waals surface area contributed by atoms with Crippen molar-refractivity contribution in [1.29, 1.82) is 0 Å². The first-order valence-electron chi connectivity index (χ1n) is 7.64. The maximum atomic E-state index is 10.9. The van der Waals surface area contributed by atoms with E-state index in [4.69, 9.17) is 0 Å². The SMILES string of the molecule is Cc1cc(C2CCN(Cc3ccccc3)C2)ccc1[N+](=O)[O-]. The van der Waals surface area contributed by atoms with Gasteiger partial charge in [-0.25, -0.2) is 0 Å². The lowest BCUT2D eigenvalue weighted by Gasteiger charge is -2.16. The molecule has 4 nitrogen and oxygen atoms in total. The first kappa shape index (κ1) is 14.7. The number of nitrogens with zero attached hydrogens (tertiary/aromatic N) is 2. The zero-order valence-electron chi connectivity index (χ0n) is 12.7. The Labute approximate surface area is 130 Å². The molecule has 1 aliphatic rings. The lowest BCUT2D eigenvalue weighted by atomic mass is 9.96. The van der Waals surface area contributed by atoms with E-state index < -0.39 is 0 Å². The van der Waals surface area contributed by atoms with E-state index in [-0.39, 0.29) is 10.6 Å². The highest BCUT2D eigenvalue weighted by Gasteiger charge is 2.25. The van der Waals surface area contributed by atoms with E-state index in [0.717, 1.165) is 31.6 Å². The Morgan fingerprint density at radius 3 is 2.68 bits per heavy atom. The van der Waals surface area contributed by atoms with Crippen molar-refractivity contribution >= 4 is 5.69 Å². The summed E-state index contributed by atoms with van der Waals surface area (Å²) in [6.45, 7) is 4.89. The highest BCUT2D eigenvalue weighted by molar-refractivity contribution is 5.43. The van der Waals surface area contributed by atoms with Gasteiger partial charge in [0, 0.05) is 24.7 Å². The molecule has 2 aromatic carbocycles. The Balaban J connectivity index is 1.67. The predicted molar refractivity (Wildman–Crippen MR) is 86.9 cm³/mol. The zero-order valence-corrected chi connectivity index (χ0v) is 12.7. The molecule has 1 aliphatic heterocycles. The molecule has 0 N–H and O–H groups in total. The predicted octanol–water partition coefficient (Wildman–Crippen LogP) is 3.89. The van der Waals surface area contributed by atoms with Crippen LogP contribution in [-0.4, -0.2) is 22.9 Å². The summed E-state index contributed by atoms with van der Waals surface area (Å²) < 4.78 is 0. The van der Waals surface area contributed by atoms with Crippen LogP contribution >= 0.6 is 0 Å². The van der Waals surface area contributed by atoms with Crippen LogP contribution in [0.25, 0.3) is 0 Å². The highest BCUT2D eigenvalue weighted by atomic mass is 16.6. The number of rotatable bonds is 4. The van der Waals surface area contributed by atoms with Crippen molar-refractivity contribution in [2.24, 2.45) is 0 Å². The molecular weight excluding hydrogens is 276 g/mol. The van der Waals surface area contributed by atoms with E-state index in [1.807, 2.05) is 25.1 Å². The minimum atomic E-state index is -0.310. The van der Waals surface area contributed by atoms with Crippen LogP contribution < -0.4 is 0 Å². The molecule has 1 heterocycles. The molecule has 0 bridgehead atoms. The van der Waals surface area contributed by atoms with Gasteiger partial charge in [-0.2, -0.15) is 0 Å². The van der Waals surface area contributed by atoms with Crippen LogP contribution in [0.2, 0.25) is 0 Å². The third kappa shape index (κ3) is 3.17. The maximum Gasteiger partial charge on any atom is 0.272 e. The average Bonchev–Trinajstić information content (AvgIpc) is 2.96. The normalized spacial score (nSPS) is 18.5. The second-order valence-electron chi connectivity index (χ2n) is 6.01. The van der Waals surface area contributed by atoms with Gasteiger partial charge in [-0.15, -0.1) is 0 Å². The van der Waals surface area contributed by atoms with Gasteiger partial charge in [0.1, 0.15) is 0 Å². The zero-order chi connectivity index (χ0) is 15.5. The molecule has 114 valence electrons. The summed E-state index contributed by atoms with van der Waals surface area (Å²) in [7, 11) is 0. The average molecular weight is 296 g/mol. The molecule has 0 amide bonds. The monoisotopic (exact) mass is 296 g/mol. The molecule has 3 rings (SSSR count). The molecular formula is C18H20N2O2. The highest BCUT2D eigenvalue weighted by Crippen LogP contribution is 2.30. The van der Waals surface area contributed by atoms with Crippen molar-refractivity contribution in [3.63, 3.8) is 0 Å². The third-order valence-corrected chi connectivity index (χ3v) is 4.41. The smallest absolute Gasteiger partial charge is 0.272 e. The molecule has 1 saturated heterocycles. The lowest BCUT2D eigenvalue weighted by Crippen LogP contribution is -2.19. The third-order valence-electron chi connectivity index (χ3n) is 4.41. The van der Waals surface area contributed by atoms with Gasteiger partial charge in [0.25, 0.3) is 5.69 Å². The fourth-order valence-electron chi connectivity index (χ4n) is 3.23. The Bertz CT molecular complexity index is 670. The fourth-order valence-corrected chi connectivity index (χ4v) is 3.23. The maximum absolute atomic E-state index is 10.9. The number of aryl methyl sites for hydroxylation is 1. The summed E-state index contributed by atoms with van der Waals surface area (Å²) in [6, 6.07) is 16.0. The van der Waals surface area contributed by atoms with Gasteiger partial charge in [0.2, 0.25) is 0 Å². The molecule has 0 spiro atoms. The first-order valence-corrected chi connectivity index (χ1v) is 7.64. The van der Waals surface area contributed by atoms with Crippen molar-refractivity contribution in [3.05, 3.63) is 75.3 Å². The minimum absolute atomic E-state index is 0.211. The minimum Gasteiger partial charge on any atom is -0.298 e. The van der Waals surface area contributed by atoms with Crippen molar-refractivity contribution < 1.29 is 4.92 Å². The summed E-state index contributed by atoms with van der Waals surface area (Å²) in [6.07, 6.45) is 1.12. The van der Waals surface area contributed by atoms with Crippen LogP contribution in [0, 0.1) is 17.0 Å². The molecule has 2 aromatic rings. The van der Waals surface area contributed by atoms with Crippen LogP contribution in [0.15, 0.2) is 48.5 Å². The Hall–Kier alpha value is -2.20. The van der Waals surface area contributed by atoms with Crippen LogP contribution in [-0.2, 0) is 6.54 Å². The van der Waals surface area contributed by atoms with Crippen molar-refractivity contribution in [1.82, 2.24) is 4.90 Å². The summed E-state index contributed by atoms with van der Waals surface area (Å²) in [5, 5.41) is 10.9. The molecule has 0 aromatic heterocycles. The summed E-state index contributed by atoms with van der Waals surface area (Å²) in [5.74, 6) is 0.475. The van der Waals surface area contributed by atoms with Gasteiger partial charge < -0.3 is 0 Å². The van der Waals surface area contributed by atoms with E-state index in [1.165, 1.54) is 11.1 Å². The van der Waals surface area contributed by atoms with E-state index >= 15 is 0 Å². The second-order valence-corrected chi connectivity index (χ2v) is 6.01. The number of nitro groups is 1. The molecule has 1 fully saturated rings. The quantitative estimate of drug-likeness (QED) is 0.635. The van der Waals surface area contributed by atoms with Gasteiger partial charge in [-0.1, -0.05) is 36.4 Å². The number of benzene rings is 2. The molecule has 0 saturated carbocycles. The Morgan fingerprint density at radius 1 is 1.23 bits per heavy atom. The largest absolute Gasteiger partial charge is 0.298 e. The van der Waals surface area contributed by atoms with E-state index in [0.29, 0.717) is 5.92 Å². The molecule has 22 heavy (non-hydrogen) atoms. The van der Waals surface area contributed by atoms with Gasteiger partial charge in [0.15, 0.2) is 0 Å². The second kappa shape index (κ2) is 6.28. The Morgan fingerprint density at radius 2 is 2.00 bits per heavy atom. The number of hydrogen-bond acceptors (Lipinski definition) is 3. The standard InChI is InChI=1S/C18H20N2O2/c1-14-11-16(7-8-18(14)20(21)22)17-9-10-19(13-17)12-15-5-3-2-4-6-15/h2-8,11,17H,9-10,12-13H2,1H3. The number of nitro benzene ring substituents is 1. The molecule has 1 atom stereocenters. The summed E-state index contributed by atoms with van der Waals surface area (Å²) in [4.78, 5) is 13.1. The van der Waals surface area contributed by atoms with Gasteiger partial charge in [-0.3, -0.25) is 15.0 Å². The van der Waals surface area contributed by atoms with Crippen LogP contribution in [0.5, 0.6) is 0 Å². The van der Waals surface area contributed by atoms with Crippen LogP contribution in [0.1, 0.15) is 29.0 Å². The molecule has 0 aliphatic carbocycles. The van der Waals surface area contributed by atoms with E-state index in [1.54, 1.807) is 6.07 Å². The van der Waals surface area contributed by atoms with Gasteiger partial charge in [-0.05, 0) is 43.0 Å². The summed E-state index contributed by atoms with van der Waals surface area (Å²) in [5.41, 5.74) is 3.52. The van der Waals surface area contributed by atoms with E-state index in [2.05, 4.69) is 29.2 Å². The molecule has 4 heteroatoms. The Kier molecular flexibility index (Phi) is 4.20. The molecule has 1 unspecified atom stereocenters. The number of hydrogen-bond donors (Lipinski definition) is 0. The topological polar surface area (TPSA) is 46.4 Å². The lowest BCUT2D eigenvalue weighted by molar-refractivity contribution is -0.385. The van der Waals surface area contributed by atoms with E-state index in [9.17, 15) is 10.1 Å². The van der Waals surface area contributed by atoms with Crippen molar-refractivity contribution in [2.75, 3.05) is 13.1 Å². The van der Waals surface area contributed by atoms with Gasteiger partial charge in [0.05, 0.1) is 4.92 Å².